The van der Waals surface area contributed by atoms with E-state index < -0.39 is 11.5 Å². The predicted molar refractivity (Wildman–Crippen MR) is 53.8 cm³/mol. The molecule has 1 unspecified atom stereocenters. The molecule has 13 heavy (non-hydrogen) atoms. The Morgan fingerprint density at radius 1 is 1.54 bits per heavy atom. The van der Waals surface area contributed by atoms with Gasteiger partial charge in [-0.1, -0.05) is 19.8 Å². The summed E-state index contributed by atoms with van der Waals surface area (Å²) < 4.78 is 0. The van der Waals surface area contributed by atoms with E-state index in [9.17, 15) is 4.79 Å². The van der Waals surface area contributed by atoms with Crippen molar-refractivity contribution in [1.29, 1.82) is 0 Å². The second kappa shape index (κ2) is 5.22. The summed E-state index contributed by atoms with van der Waals surface area (Å²) >= 11 is 0. The first-order valence-electron chi connectivity index (χ1n) is 4.93. The summed E-state index contributed by atoms with van der Waals surface area (Å²) in [5, 5.41) is 12.1. The predicted octanol–water partition coefficient (Wildman–Crippen LogP) is 2.02. The van der Waals surface area contributed by atoms with Gasteiger partial charge in [0.25, 0.3) is 0 Å². The zero-order valence-electron chi connectivity index (χ0n) is 9.05. The molecule has 0 fully saturated rings. The molecule has 0 bridgehead atoms. The maximum absolute atomic E-state index is 11.0. The van der Waals surface area contributed by atoms with Crippen molar-refractivity contribution >= 4 is 5.97 Å². The highest BCUT2D eigenvalue weighted by Gasteiger charge is 2.32. The fourth-order valence-corrected chi connectivity index (χ4v) is 1.41. The first-order valence-corrected chi connectivity index (χ1v) is 4.93. The Hall–Kier alpha value is -0.570. The number of nitrogens with one attached hydrogen (secondary N) is 1. The van der Waals surface area contributed by atoms with E-state index in [0.29, 0.717) is 6.42 Å². The minimum absolute atomic E-state index is 0.206. The van der Waals surface area contributed by atoms with Gasteiger partial charge in [-0.15, -0.1) is 0 Å². The molecular weight excluding hydrogens is 166 g/mol. The summed E-state index contributed by atoms with van der Waals surface area (Å²) in [5.41, 5.74) is -0.760. The first kappa shape index (κ1) is 12.4. The molecule has 0 aliphatic heterocycles. The molecule has 0 radical (unpaired) electrons. The number of hydrogen-bond donors (Lipinski definition) is 2. The molecule has 0 aliphatic carbocycles. The third kappa shape index (κ3) is 4.27. The smallest absolute Gasteiger partial charge is 0.323 e. The lowest BCUT2D eigenvalue weighted by molar-refractivity contribution is -0.144. The SMILES string of the molecule is CCCCC(C)(NC(C)C)C(=O)O. The molecule has 78 valence electrons. The Balaban J connectivity index is 4.25. The lowest BCUT2D eigenvalue weighted by atomic mass is 9.94. The van der Waals surface area contributed by atoms with Gasteiger partial charge in [-0.2, -0.15) is 0 Å². The van der Waals surface area contributed by atoms with Crippen molar-refractivity contribution in [2.75, 3.05) is 0 Å². The van der Waals surface area contributed by atoms with Crippen molar-refractivity contribution in [3.8, 4) is 0 Å². The highest BCUT2D eigenvalue weighted by molar-refractivity contribution is 5.78. The van der Waals surface area contributed by atoms with Crippen molar-refractivity contribution < 1.29 is 9.90 Å². The van der Waals surface area contributed by atoms with Crippen LogP contribution in [0, 0.1) is 0 Å². The first-order chi connectivity index (χ1) is 5.92. The Bertz CT molecular complexity index is 168. The van der Waals surface area contributed by atoms with Gasteiger partial charge in [0.1, 0.15) is 5.54 Å². The van der Waals surface area contributed by atoms with E-state index >= 15 is 0 Å². The Morgan fingerprint density at radius 3 is 2.38 bits per heavy atom. The number of aliphatic carboxylic acids is 1. The lowest BCUT2D eigenvalue weighted by Gasteiger charge is -2.28. The van der Waals surface area contributed by atoms with Gasteiger partial charge < -0.3 is 5.11 Å². The van der Waals surface area contributed by atoms with Gasteiger partial charge in [0.15, 0.2) is 0 Å². The maximum Gasteiger partial charge on any atom is 0.323 e. The van der Waals surface area contributed by atoms with Gasteiger partial charge in [0, 0.05) is 6.04 Å². The fraction of sp³-hybridized carbons (Fsp3) is 0.900. The van der Waals surface area contributed by atoms with Crippen LogP contribution in [0.2, 0.25) is 0 Å². The molecule has 3 heteroatoms. The van der Waals surface area contributed by atoms with Gasteiger partial charge in [-0.05, 0) is 27.2 Å². The van der Waals surface area contributed by atoms with Crippen LogP contribution in [0.5, 0.6) is 0 Å². The van der Waals surface area contributed by atoms with Crippen LogP contribution < -0.4 is 5.32 Å². The zero-order chi connectivity index (χ0) is 10.5. The van der Waals surface area contributed by atoms with Crippen LogP contribution in [-0.4, -0.2) is 22.7 Å². The Kier molecular flexibility index (Phi) is 4.99. The third-order valence-electron chi connectivity index (χ3n) is 2.11. The van der Waals surface area contributed by atoms with Crippen molar-refractivity contribution in [3.63, 3.8) is 0 Å². The van der Waals surface area contributed by atoms with E-state index in [1.165, 1.54) is 0 Å². The number of rotatable bonds is 6. The monoisotopic (exact) mass is 187 g/mol. The second-order valence-electron chi connectivity index (χ2n) is 4.04. The minimum Gasteiger partial charge on any atom is -0.480 e. The van der Waals surface area contributed by atoms with E-state index in [-0.39, 0.29) is 6.04 Å². The topological polar surface area (TPSA) is 49.3 Å². The van der Waals surface area contributed by atoms with Crippen molar-refractivity contribution in [2.24, 2.45) is 0 Å². The van der Waals surface area contributed by atoms with Gasteiger partial charge in [-0.25, -0.2) is 0 Å². The normalized spacial score (nSPS) is 15.8. The molecule has 2 N–H and O–H groups in total. The van der Waals surface area contributed by atoms with Crippen LogP contribution in [0.4, 0.5) is 0 Å². The number of carbonyl (C=O) groups is 1. The van der Waals surface area contributed by atoms with Crippen molar-refractivity contribution in [1.82, 2.24) is 5.32 Å². The van der Waals surface area contributed by atoms with Gasteiger partial charge in [0.05, 0.1) is 0 Å². The lowest BCUT2D eigenvalue weighted by Crippen LogP contribution is -2.52. The van der Waals surface area contributed by atoms with Crippen LogP contribution in [0.25, 0.3) is 0 Å². The maximum atomic E-state index is 11.0. The molecule has 0 amide bonds. The standard InChI is InChI=1S/C10H21NO2/c1-5-6-7-10(4,9(12)13)11-8(2)3/h8,11H,5-7H2,1-4H3,(H,12,13). The Morgan fingerprint density at radius 2 is 2.08 bits per heavy atom. The zero-order valence-corrected chi connectivity index (χ0v) is 9.05. The molecule has 0 heterocycles. The van der Waals surface area contributed by atoms with Crippen LogP contribution >= 0.6 is 0 Å². The van der Waals surface area contributed by atoms with E-state index in [0.717, 1.165) is 12.8 Å². The number of carboxylic acids is 1. The molecule has 0 saturated heterocycles. The molecular formula is C10H21NO2. The third-order valence-corrected chi connectivity index (χ3v) is 2.11. The molecule has 3 nitrogen and oxygen atoms in total. The van der Waals surface area contributed by atoms with Crippen molar-refractivity contribution in [2.45, 2.75) is 58.5 Å². The molecule has 0 aromatic heterocycles. The van der Waals surface area contributed by atoms with E-state index in [2.05, 4.69) is 12.2 Å². The molecule has 0 rings (SSSR count). The molecule has 0 spiro atoms. The van der Waals surface area contributed by atoms with Crippen LogP contribution in [0.15, 0.2) is 0 Å². The number of carboxylic acid groups (broad SMARTS) is 1. The van der Waals surface area contributed by atoms with Crippen LogP contribution in [0.3, 0.4) is 0 Å². The summed E-state index contributed by atoms with van der Waals surface area (Å²) in [6, 6.07) is 0.206. The van der Waals surface area contributed by atoms with E-state index in [4.69, 9.17) is 5.11 Å². The summed E-state index contributed by atoms with van der Waals surface area (Å²) in [6.45, 7) is 7.75. The van der Waals surface area contributed by atoms with E-state index in [1.54, 1.807) is 6.92 Å². The van der Waals surface area contributed by atoms with Gasteiger partial charge in [0.2, 0.25) is 0 Å². The fourth-order valence-electron chi connectivity index (χ4n) is 1.41. The highest BCUT2D eigenvalue weighted by Crippen LogP contribution is 2.15. The Labute approximate surface area is 80.5 Å². The summed E-state index contributed by atoms with van der Waals surface area (Å²) in [7, 11) is 0. The summed E-state index contributed by atoms with van der Waals surface area (Å²) in [4.78, 5) is 11.0. The van der Waals surface area contributed by atoms with Crippen LogP contribution in [0.1, 0.15) is 47.0 Å². The highest BCUT2D eigenvalue weighted by atomic mass is 16.4. The molecule has 1 atom stereocenters. The van der Waals surface area contributed by atoms with Crippen LogP contribution in [-0.2, 0) is 4.79 Å². The largest absolute Gasteiger partial charge is 0.480 e. The molecule has 0 aliphatic rings. The number of unbranched alkanes of at least 4 members (excludes halogenated alkanes) is 1. The summed E-state index contributed by atoms with van der Waals surface area (Å²) in [6.07, 6.45) is 2.67. The average molecular weight is 187 g/mol. The minimum atomic E-state index is -0.760. The average Bonchev–Trinajstić information content (AvgIpc) is 1.99. The molecule has 0 aromatic carbocycles. The summed E-state index contributed by atoms with van der Waals surface area (Å²) in [5.74, 6) is -0.755. The molecule has 0 saturated carbocycles. The van der Waals surface area contributed by atoms with Crippen molar-refractivity contribution in [3.05, 3.63) is 0 Å². The van der Waals surface area contributed by atoms with Gasteiger partial charge >= 0.3 is 5.97 Å². The number of hydrogen-bond acceptors (Lipinski definition) is 2. The quantitative estimate of drug-likeness (QED) is 0.668. The van der Waals surface area contributed by atoms with Gasteiger partial charge in [-0.3, -0.25) is 10.1 Å². The van der Waals surface area contributed by atoms with E-state index in [1.807, 2.05) is 13.8 Å². The second-order valence-corrected chi connectivity index (χ2v) is 4.04. The molecule has 0 aromatic rings.